The molecule has 0 amide bonds. The normalized spacial score (nSPS) is 39.2. The van der Waals surface area contributed by atoms with E-state index in [1.165, 1.54) is 0 Å². The first-order valence-corrected chi connectivity index (χ1v) is 3.85. The predicted molar refractivity (Wildman–Crippen MR) is 40.1 cm³/mol. The lowest BCUT2D eigenvalue weighted by molar-refractivity contribution is -0.189. The number of hydrogen-bond acceptors (Lipinski definition) is 3. The van der Waals surface area contributed by atoms with Crippen LogP contribution < -0.4 is 0 Å². The molecule has 1 rings (SSSR count). The van der Waals surface area contributed by atoms with E-state index in [0.29, 0.717) is 6.61 Å². The van der Waals surface area contributed by atoms with Crippen LogP contribution in [0.5, 0.6) is 0 Å². The molecule has 3 unspecified atom stereocenters. The highest BCUT2D eigenvalue weighted by molar-refractivity contribution is 5.83. The molecule has 1 aliphatic heterocycles. The second-order valence-corrected chi connectivity index (χ2v) is 3.03. The van der Waals surface area contributed by atoms with Gasteiger partial charge in [-0.05, 0) is 0 Å². The van der Waals surface area contributed by atoms with Crippen molar-refractivity contribution in [2.45, 2.75) is 20.1 Å². The summed E-state index contributed by atoms with van der Waals surface area (Å²) in [5.41, 5.74) is 0. The zero-order valence-corrected chi connectivity index (χ0v) is 7.16. The molecule has 0 aromatic rings. The lowest BCUT2D eigenvalue weighted by atomic mass is 9.93. The Morgan fingerprint density at radius 1 is 1.55 bits per heavy atom. The molecular formula is C8H14O3. The lowest BCUT2D eigenvalue weighted by Gasteiger charge is -2.30. The third kappa shape index (κ3) is 1.60. The summed E-state index contributed by atoms with van der Waals surface area (Å²) in [5, 5.41) is 0. The quantitative estimate of drug-likeness (QED) is 0.567. The average Bonchev–Trinajstić information content (AvgIpc) is 2.01. The molecule has 11 heavy (non-hydrogen) atoms. The second-order valence-electron chi connectivity index (χ2n) is 3.03. The summed E-state index contributed by atoms with van der Waals surface area (Å²) in [6, 6.07) is 0. The molecule has 0 spiro atoms. The topological polar surface area (TPSA) is 35.5 Å². The molecule has 0 N–H and O–H groups in total. The molecule has 3 nitrogen and oxygen atoms in total. The van der Waals surface area contributed by atoms with Crippen molar-refractivity contribution in [3.63, 3.8) is 0 Å². The van der Waals surface area contributed by atoms with Gasteiger partial charge >= 0.3 is 0 Å². The number of Topliss-reactive ketones (excluding diaryl/α,β-unsaturated/α-hetero) is 1. The average molecular weight is 158 g/mol. The van der Waals surface area contributed by atoms with E-state index >= 15 is 0 Å². The van der Waals surface area contributed by atoms with Crippen LogP contribution in [0.15, 0.2) is 0 Å². The third-order valence-electron chi connectivity index (χ3n) is 2.09. The van der Waals surface area contributed by atoms with E-state index in [1.54, 1.807) is 7.11 Å². The fourth-order valence-corrected chi connectivity index (χ4v) is 1.32. The zero-order chi connectivity index (χ0) is 8.43. The first-order chi connectivity index (χ1) is 5.16. The minimum absolute atomic E-state index is 0.0244. The zero-order valence-electron chi connectivity index (χ0n) is 7.16. The Morgan fingerprint density at radius 2 is 2.18 bits per heavy atom. The number of carbonyl (C=O) groups is 1. The summed E-state index contributed by atoms with van der Waals surface area (Å²) in [7, 11) is 1.56. The van der Waals surface area contributed by atoms with E-state index in [9.17, 15) is 4.79 Å². The van der Waals surface area contributed by atoms with Gasteiger partial charge in [-0.1, -0.05) is 13.8 Å². The van der Waals surface area contributed by atoms with E-state index in [-0.39, 0.29) is 23.9 Å². The summed E-state index contributed by atoms with van der Waals surface area (Å²) in [5.74, 6) is 0.142. The largest absolute Gasteiger partial charge is 0.355 e. The van der Waals surface area contributed by atoms with Crippen molar-refractivity contribution < 1.29 is 14.3 Å². The van der Waals surface area contributed by atoms with Crippen LogP contribution in [0.4, 0.5) is 0 Å². The Bertz CT molecular complexity index is 155. The molecule has 1 heterocycles. The number of ether oxygens (including phenoxy) is 2. The van der Waals surface area contributed by atoms with E-state index < -0.39 is 0 Å². The van der Waals surface area contributed by atoms with Crippen molar-refractivity contribution in [2.75, 3.05) is 13.7 Å². The fourth-order valence-electron chi connectivity index (χ4n) is 1.32. The molecule has 1 aliphatic rings. The van der Waals surface area contributed by atoms with Gasteiger partial charge in [-0.3, -0.25) is 4.79 Å². The molecule has 3 atom stereocenters. The molecule has 0 aliphatic carbocycles. The van der Waals surface area contributed by atoms with Crippen LogP contribution >= 0.6 is 0 Å². The third-order valence-corrected chi connectivity index (χ3v) is 2.09. The van der Waals surface area contributed by atoms with Crippen LogP contribution in [0.25, 0.3) is 0 Å². The van der Waals surface area contributed by atoms with Crippen LogP contribution in [0, 0.1) is 11.8 Å². The molecular weight excluding hydrogens is 144 g/mol. The maximum absolute atomic E-state index is 11.3. The predicted octanol–water partition coefficient (Wildman–Crippen LogP) is 0.830. The molecule has 3 heteroatoms. The maximum Gasteiger partial charge on any atom is 0.166 e. The monoisotopic (exact) mass is 158 g/mol. The van der Waals surface area contributed by atoms with Crippen molar-refractivity contribution in [1.82, 2.24) is 0 Å². The molecule has 1 saturated heterocycles. The number of hydrogen-bond donors (Lipinski definition) is 0. The van der Waals surface area contributed by atoms with E-state index in [4.69, 9.17) is 9.47 Å². The summed E-state index contributed by atoms with van der Waals surface area (Å²) >= 11 is 0. The van der Waals surface area contributed by atoms with Crippen molar-refractivity contribution in [3.8, 4) is 0 Å². The van der Waals surface area contributed by atoms with E-state index in [2.05, 4.69) is 0 Å². The summed E-state index contributed by atoms with van der Waals surface area (Å²) in [6.07, 6.45) is -0.335. The minimum atomic E-state index is -0.335. The Kier molecular flexibility index (Phi) is 2.62. The number of methoxy groups -OCH3 is 1. The number of ketones is 1. The van der Waals surface area contributed by atoms with Crippen molar-refractivity contribution >= 4 is 5.78 Å². The van der Waals surface area contributed by atoms with Crippen LogP contribution in [-0.2, 0) is 14.3 Å². The number of carbonyl (C=O) groups excluding carboxylic acids is 1. The van der Waals surface area contributed by atoms with Gasteiger partial charge in [-0.15, -0.1) is 0 Å². The Balaban J connectivity index is 2.59. The van der Waals surface area contributed by atoms with E-state index in [0.717, 1.165) is 0 Å². The van der Waals surface area contributed by atoms with Gasteiger partial charge in [0.05, 0.1) is 12.5 Å². The van der Waals surface area contributed by atoms with Gasteiger partial charge in [0.15, 0.2) is 6.29 Å². The molecule has 0 bridgehead atoms. The Labute approximate surface area is 66.7 Å². The van der Waals surface area contributed by atoms with E-state index in [1.807, 2.05) is 13.8 Å². The highest BCUT2D eigenvalue weighted by atomic mass is 16.7. The second kappa shape index (κ2) is 3.32. The Hall–Kier alpha value is -0.410. The maximum atomic E-state index is 11.3. The Morgan fingerprint density at radius 3 is 2.73 bits per heavy atom. The van der Waals surface area contributed by atoms with Gasteiger partial charge in [0.25, 0.3) is 0 Å². The van der Waals surface area contributed by atoms with Crippen molar-refractivity contribution in [3.05, 3.63) is 0 Å². The van der Waals surface area contributed by atoms with Gasteiger partial charge in [0.2, 0.25) is 0 Å². The highest BCUT2D eigenvalue weighted by Crippen LogP contribution is 2.21. The molecule has 0 aromatic carbocycles. The van der Waals surface area contributed by atoms with Crippen LogP contribution in [-0.4, -0.2) is 25.8 Å². The molecule has 0 aromatic heterocycles. The summed E-state index contributed by atoms with van der Waals surface area (Å²) in [4.78, 5) is 11.3. The SMILES string of the molecule is COC1OCC(C)C(=O)C1C. The van der Waals surface area contributed by atoms with Gasteiger partial charge in [0.1, 0.15) is 5.78 Å². The minimum Gasteiger partial charge on any atom is -0.355 e. The molecule has 0 saturated carbocycles. The first-order valence-electron chi connectivity index (χ1n) is 3.85. The van der Waals surface area contributed by atoms with Gasteiger partial charge in [-0.2, -0.15) is 0 Å². The van der Waals surface area contributed by atoms with Crippen LogP contribution in [0.1, 0.15) is 13.8 Å². The molecule has 64 valence electrons. The molecule has 0 radical (unpaired) electrons. The smallest absolute Gasteiger partial charge is 0.166 e. The standard InChI is InChI=1S/C8H14O3/c1-5-4-11-8(10-3)6(2)7(5)9/h5-6,8H,4H2,1-3H3. The van der Waals surface area contributed by atoms with Crippen molar-refractivity contribution in [2.24, 2.45) is 11.8 Å². The van der Waals surface area contributed by atoms with Gasteiger partial charge in [-0.25, -0.2) is 0 Å². The highest BCUT2D eigenvalue weighted by Gasteiger charge is 2.33. The van der Waals surface area contributed by atoms with Gasteiger partial charge < -0.3 is 9.47 Å². The number of rotatable bonds is 1. The summed E-state index contributed by atoms with van der Waals surface area (Å²) in [6.45, 7) is 4.21. The first kappa shape index (κ1) is 8.68. The van der Waals surface area contributed by atoms with Crippen LogP contribution in [0.2, 0.25) is 0 Å². The van der Waals surface area contributed by atoms with Gasteiger partial charge in [0, 0.05) is 13.0 Å². The fraction of sp³-hybridized carbons (Fsp3) is 0.875. The summed E-state index contributed by atoms with van der Waals surface area (Å²) < 4.78 is 10.3. The lowest BCUT2D eigenvalue weighted by Crippen LogP contribution is -2.41. The van der Waals surface area contributed by atoms with Crippen LogP contribution in [0.3, 0.4) is 0 Å². The molecule has 1 fully saturated rings. The van der Waals surface area contributed by atoms with Crippen molar-refractivity contribution in [1.29, 1.82) is 0 Å².